The topological polar surface area (TPSA) is 64.4 Å². The molecule has 1 amide bonds. The van der Waals surface area contributed by atoms with Gasteiger partial charge in [-0.25, -0.2) is 4.98 Å². The van der Waals surface area contributed by atoms with Crippen molar-refractivity contribution in [3.63, 3.8) is 0 Å². The lowest BCUT2D eigenvalue weighted by Gasteiger charge is -2.07. The summed E-state index contributed by atoms with van der Waals surface area (Å²) in [6.07, 6.45) is 0. The fraction of sp³-hybridized carbons (Fsp3) is 0.176. The highest BCUT2D eigenvalue weighted by atomic mass is 32.1. The summed E-state index contributed by atoms with van der Waals surface area (Å²) in [5.74, 6) is 0.707. The zero-order valence-corrected chi connectivity index (χ0v) is 14.0. The van der Waals surface area contributed by atoms with Gasteiger partial charge >= 0.3 is 6.61 Å². The smallest absolute Gasteiger partial charge is 0.387 e. The molecule has 5 nitrogen and oxygen atoms in total. The van der Waals surface area contributed by atoms with Crippen molar-refractivity contribution < 1.29 is 22.7 Å². The number of benzene rings is 1. The van der Waals surface area contributed by atoms with E-state index in [-0.39, 0.29) is 17.9 Å². The lowest BCUT2D eigenvalue weighted by molar-refractivity contribution is -0.0498. The second-order valence-electron chi connectivity index (χ2n) is 5.11. The number of carbonyl (C=O) groups is 1. The van der Waals surface area contributed by atoms with Gasteiger partial charge in [0.15, 0.2) is 5.76 Å². The van der Waals surface area contributed by atoms with Crippen LogP contribution in [0.5, 0.6) is 5.75 Å². The molecule has 0 saturated heterocycles. The molecule has 8 heteroatoms. The van der Waals surface area contributed by atoms with Crippen molar-refractivity contribution >= 4 is 17.2 Å². The summed E-state index contributed by atoms with van der Waals surface area (Å²) in [5.41, 5.74) is 0.969. The minimum Gasteiger partial charge on any atom is -0.458 e. The molecular weight excluding hydrogens is 350 g/mol. The molecule has 0 fully saturated rings. The van der Waals surface area contributed by atoms with Crippen LogP contribution in [0.15, 0.2) is 46.2 Å². The molecule has 1 aromatic carbocycles. The second-order valence-corrected chi connectivity index (χ2v) is 6.17. The Kier molecular flexibility index (Phi) is 5.08. The van der Waals surface area contributed by atoms with Crippen LogP contribution < -0.4 is 10.1 Å². The van der Waals surface area contributed by atoms with Crippen LogP contribution in [0.1, 0.15) is 21.1 Å². The molecule has 0 aliphatic carbocycles. The van der Waals surface area contributed by atoms with E-state index in [4.69, 9.17) is 4.42 Å². The Bertz CT molecular complexity index is 876. The Morgan fingerprint density at radius 1 is 1.36 bits per heavy atom. The summed E-state index contributed by atoms with van der Waals surface area (Å²) in [6.45, 7) is -0.861. The summed E-state index contributed by atoms with van der Waals surface area (Å²) in [7, 11) is 0. The van der Waals surface area contributed by atoms with Crippen molar-refractivity contribution in [3.05, 3.63) is 58.1 Å². The van der Waals surface area contributed by atoms with Gasteiger partial charge in [-0.1, -0.05) is 6.07 Å². The molecule has 0 aliphatic heterocycles. The molecule has 2 heterocycles. The predicted octanol–water partition coefficient (Wildman–Crippen LogP) is 4.24. The predicted molar refractivity (Wildman–Crippen MR) is 88.8 cm³/mol. The molecular formula is C17H14F2N2O3S. The Labute approximate surface area is 146 Å². The summed E-state index contributed by atoms with van der Waals surface area (Å²) in [4.78, 5) is 16.5. The number of thiazole rings is 1. The van der Waals surface area contributed by atoms with Gasteiger partial charge in [-0.3, -0.25) is 4.79 Å². The third-order valence-electron chi connectivity index (χ3n) is 3.28. The van der Waals surface area contributed by atoms with Crippen molar-refractivity contribution in [1.82, 2.24) is 10.3 Å². The average molecular weight is 364 g/mol. The fourth-order valence-electron chi connectivity index (χ4n) is 2.17. The second kappa shape index (κ2) is 7.43. The maximum Gasteiger partial charge on any atom is 0.387 e. The van der Waals surface area contributed by atoms with Crippen molar-refractivity contribution in [2.75, 3.05) is 0 Å². The number of nitrogens with zero attached hydrogens (tertiary/aromatic N) is 1. The minimum atomic E-state index is -2.94. The molecule has 2 aromatic heterocycles. The van der Waals surface area contributed by atoms with Crippen LogP contribution >= 0.6 is 11.3 Å². The normalized spacial score (nSPS) is 10.9. The number of aromatic nitrogens is 1. The molecule has 3 rings (SSSR count). The maximum absolute atomic E-state index is 12.2. The highest BCUT2D eigenvalue weighted by Crippen LogP contribution is 2.23. The van der Waals surface area contributed by atoms with E-state index in [0.717, 1.165) is 10.7 Å². The Morgan fingerprint density at radius 2 is 2.20 bits per heavy atom. The van der Waals surface area contributed by atoms with Crippen molar-refractivity contribution in [2.24, 2.45) is 0 Å². The van der Waals surface area contributed by atoms with Crippen molar-refractivity contribution in [2.45, 2.75) is 20.1 Å². The highest BCUT2D eigenvalue weighted by molar-refractivity contribution is 7.09. The van der Waals surface area contributed by atoms with Crippen LogP contribution in [0.3, 0.4) is 0 Å². The Hall–Kier alpha value is -2.74. The number of halogens is 2. The zero-order chi connectivity index (χ0) is 17.8. The third kappa shape index (κ3) is 4.42. The van der Waals surface area contributed by atoms with Gasteiger partial charge in [-0.15, -0.1) is 11.3 Å². The lowest BCUT2D eigenvalue weighted by Crippen LogP contribution is -2.22. The molecule has 25 heavy (non-hydrogen) atoms. The van der Waals surface area contributed by atoms with Crippen LogP contribution in [0.4, 0.5) is 8.78 Å². The van der Waals surface area contributed by atoms with Gasteiger partial charge < -0.3 is 14.5 Å². The molecule has 0 atom stereocenters. The van der Waals surface area contributed by atoms with E-state index in [1.807, 2.05) is 12.3 Å². The third-order valence-corrected chi connectivity index (χ3v) is 4.05. The quantitative estimate of drug-likeness (QED) is 0.710. The number of furan rings is 1. The van der Waals surface area contributed by atoms with Gasteiger partial charge in [0.2, 0.25) is 0 Å². The molecule has 0 bridgehead atoms. The summed E-state index contributed by atoms with van der Waals surface area (Å²) >= 11 is 1.52. The fourth-order valence-corrected chi connectivity index (χ4v) is 2.77. The summed E-state index contributed by atoms with van der Waals surface area (Å²) in [5, 5.41) is 5.50. The Balaban J connectivity index is 1.62. The molecule has 0 saturated carbocycles. The largest absolute Gasteiger partial charge is 0.458 e. The van der Waals surface area contributed by atoms with E-state index in [9.17, 15) is 13.6 Å². The van der Waals surface area contributed by atoms with Gasteiger partial charge in [-0.05, 0) is 37.3 Å². The first-order valence-electron chi connectivity index (χ1n) is 7.35. The number of aryl methyl sites for hydroxylation is 1. The lowest BCUT2D eigenvalue weighted by atomic mass is 10.2. The van der Waals surface area contributed by atoms with Crippen LogP contribution in [-0.2, 0) is 6.54 Å². The maximum atomic E-state index is 12.2. The number of hydrogen-bond donors (Lipinski definition) is 1. The number of ether oxygens (including phenoxy) is 1. The van der Waals surface area contributed by atoms with E-state index >= 15 is 0 Å². The molecule has 0 radical (unpaired) electrons. The molecule has 0 aliphatic rings. The van der Waals surface area contributed by atoms with Crippen molar-refractivity contribution in [3.8, 4) is 17.2 Å². The molecule has 0 unspecified atom stereocenters. The van der Waals surface area contributed by atoms with Crippen LogP contribution in [-0.4, -0.2) is 17.5 Å². The number of hydrogen-bond acceptors (Lipinski definition) is 5. The van der Waals surface area contributed by atoms with E-state index in [1.54, 1.807) is 12.1 Å². The number of alkyl halides is 2. The van der Waals surface area contributed by atoms with E-state index in [0.29, 0.717) is 11.5 Å². The zero-order valence-electron chi connectivity index (χ0n) is 13.2. The molecule has 130 valence electrons. The average Bonchev–Trinajstić information content (AvgIpc) is 3.21. The first-order valence-corrected chi connectivity index (χ1v) is 8.23. The van der Waals surface area contributed by atoms with Gasteiger partial charge in [-0.2, -0.15) is 8.78 Å². The van der Waals surface area contributed by atoms with Gasteiger partial charge in [0.1, 0.15) is 17.2 Å². The standard InChI is InChI=1S/C17H14F2N2O3S/c1-10-21-14(9-25-10)15-6-5-13(23-15)8-20-16(22)11-3-2-4-12(7-11)24-17(18)19/h2-7,9,17H,8H2,1H3,(H,20,22). The van der Waals surface area contributed by atoms with Crippen LogP contribution in [0.25, 0.3) is 11.5 Å². The SMILES string of the molecule is Cc1nc(-c2ccc(CNC(=O)c3cccc(OC(F)F)c3)o2)cs1. The minimum absolute atomic E-state index is 0.0677. The van der Waals surface area contributed by atoms with E-state index < -0.39 is 12.5 Å². The van der Waals surface area contributed by atoms with E-state index in [1.165, 1.54) is 35.6 Å². The summed E-state index contributed by atoms with van der Waals surface area (Å²) < 4.78 is 34.4. The number of nitrogens with one attached hydrogen (secondary N) is 1. The first kappa shape index (κ1) is 17.1. The molecule has 1 N–H and O–H groups in total. The van der Waals surface area contributed by atoms with Crippen LogP contribution in [0.2, 0.25) is 0 Å². The number of amides is 1. The van der Waals surface area contributed by atoms with Gasteiger partial charge in [0, 0.05) is 10.9 Å². The Morgan fingerprint density at radius 3 is 2.92 bits per heavy atom. The van der Waals surface area contributed by atoms with E-state index in [2.05, 4.69) is 15.0 Å². The van der Waals surface area contributed by atoms with Gasteiger partial charge in [0.05, 0.1) is 11.6 Å². The van der Waals surface area contributed by atoms with Gasteiger partial charge in [0.25, 0.3) is 5.91 Å². The monoisotopic (exact) mass is 364 g/mol. The highest BCUT2D eigenvalue weighted by Gasteiger charge is 2.11. The first-order chi connectivity index (χ1) is 12.0. The number of rotatable bonds is 6. The van der Waals surface area contributed by atoms with Crippen LogP contribution in [0, 0.1) is 6.92 Å². The summed E-state index contributed by atoms with van der Waals surface area (Å²) in [6, 6.07) is 9.14. The number of carbonyl (C=O) groups excluding carboxylic acids is 1. The molecule has 3 aromatic rings. The van der Waals surface area contributed by atoms with Crippen molar-refractivity contribution in [1.29, 1.82) is 0 Å². The molecule has 0 spiro atoms.